The number of rotatable bonds is 9. The molecule has 1 N–H and O–H groups in total. The summed E-state index contributed by atoms with van der Waals surface area (Å²) in [4.78, 5) is 11.0. The molecule has 3 nitrogen and oxygen atoms in total. The van der Waals surface area contributed by atoms with Crippen LogP contribution in [0.25, 0.3) is 0 Å². The normalized spacial score (nSPS) is 15.7. The molecule has 1 atom stereocenters. The van der Waals surface area contributed by atoms with Crippen molar-refractivity contribution in [3.05, 3.63) is 29.8 Å². The van der Waals surface area contributed by atoms with Crippen molar-refractivity contribution in [1.82, 2.24) is 0 Å². The van der Waals surface area contributed by atoms with Gasteiger partial charge in [-0.25, -0.2) is 0 Å². The highest BCUT2D eigenvalue weighted by Crippen LogP contribution is 2.63. The van der Waals surface area contributed by atoms with Gasteiger partial charge in [-0.05, 0) is 6.07 Å². The molecule has 1 aromatic carbocycles. The third-order valence-corrected chi connectivity index (χ3v) is 4.37. The van der Waals surface area contributed by atoms with E-state index >= 15 is 0 Å². The van der Waals surface area contributed by atoms with E-state index < -0.39 is 71.5 Å². The van der Waals surface area contributed by atoms with Crippen LogP contribution >= 0.6 is 0 Å². The van der Waals surface area contributed by atoms with Crippen molar-refractivity contribution in [3.8, 4) is 5.75 Å². The van der Waals surface area contributed by atoms with E-state index in [0.29, 0.717) is 6.07 Å². The average Bonchev–Trinajstić information content (AvgIpc) is 2.65. The number of benzene rings is 1. The fraction of sp³-hybridized carbons (Fsp3) is 0.588. The largest absolute Gasteiger partial charge is 0.460 e. The molecule has 0 aliphatic carbocycles. The molecule has 1 aromatic rings. The predicted molar refractivity (Wildman–Crippen MR) is 83.1 cm³/mol. The first kappa shape index (κ1) is 30.6. The Morgan fingerprint density at radius 2 is 1.14 bits per heavy atom. The fourth-order valence-corrected chi connectivity index (χ4v) is 2.48. The smallest absolute Gasteiger partial charge is 0.426 e. The number of hydrogen-bond donors (Lipinski definition) is 1. The highest BCUT2D eigenvalue weighted by atomic mass is 19.4. The van der Waals surface area contributed by atoms with Crippen molar-refractivity contribution in [1.29, 1.82) is 0 Å². The zero-order chi connectivity index (χ0) is 28.1. The number of aliphatic hydroxyl groups is 1. The molecule has 202 valence electrons. The Labute approximate surface area is 184 Å². The summed E-state index contributed by atoms with van der Waals surface area (Å²) in [5, 5.41) is 9.72. The van der Waals surface area contributed by atoms with Crippen LogP contribution in [0.4, 0.5) is 65.9 Å². The predicted octanol–water partition coefficient (Wildman–Crippen LogP) is 6.41. The van der Waals surface area contributed by atoms with Gasteiger partial charge in [-0.15, -0.1) is 0 Å². The molecule has 35 heavy (non-hydrogen) atoms. The molecule has 0 saturated heterocycles. The van der Waals surface area contributed by atoms with Crippen LogP contribution in [0, 0.1) is 0 Å². The van der Waals surface area contributed by atoms with Gasteiger partial charge in [0.1, 0.15) is 5.75 Å². The van der Waals surface area contributed by atoms with Gasteiger partial charge in [0.05, 0.1) is 6.10 Å². The molecule has 0 radical (unpaired) electrons. The van der Waals surface area contributed by atoms with E-state index in [1.165, 1.54) is 0 Å². The van der Waals surface area contributed by atoms with Crippen molar-refractivity contribution in [2.45, 2.75) is 61.2 Å². The molecule has 0 spiro atoms. The Kier molecular flexibility index (Phi) is 7.81. The maximum absolute atomic E-state index is 14.0. The van der Waals surface area contributed by atoms with Gasteiger partial charge >= 0.3 is 47.7 Å². The second kappa shape index (κ2) is 8.92. The van der Waals surface area contributed by atoms with Gasteiger partial charge in [0.25, 0.3) is 0 Å². The first-order chi connectivity index (χ1) is 15.3. The first-order valence-electron chi connectivity index (χ1n) is 8.58. The lowest BCUT2D eigenvalue weighted by Gasteiger charge is -2.41. The molecule has 1 unspecified atom stereocenters. The second-order valence-electron chi connectivity index (χ2n) is 6.93. The molecule has 0 fully saturated rings. The molecule has 18 heteroatoms. The van der Waals surface area contributed by atoms with E-state index in [9.17, 15) is 75.8 Å². The standard InChI is InChI=1S/C17H11F15O3/c1-7(33)35-10-5-3-2-4-8(10)9(34)6-11(18,19)12(20,21)13(22,23)14(24,25)15(26,27)16(28,29)17(30,31)32/h2-5,9,34H,6H2,1H3. The van der Waals surface area contributed by atoms with Crippen LogP contribution in [0.15, 0.2) is 24.3 Å². The Hall–Kier alpha value is -2.40. The van der Waals surface area contributed by atoms with Crippen LogP contribution in [0.3, 0.4) is 0 Å². The number of alkyl halides is 15. The zero-order valence-electron chi connectivity index (χ0n) is 16.5. The maximum Gasteiger partial charge on any atom is 0.460 e. The molecule has 0 amide bonds. The van der Waals surface area contributed by atoms with Crippen molar-refractivity contribution < 1.29 is 80.5 Å². The Morgan fingerprint density at radius 3 is 1.57 bits per heavy atom. The van der Waals surface area contributed by atoms with Crippen LogP contribution in [0.1, 0.15) is 25.0 Å². The molecular formula is C17H11F15O3. The fourth-order valence-electron chi connectivity index (χ4n) is 2.48. The van der Waals surface area contributed by atoms with E-state index in [-0.39, 0.29) is 0 Å². The Bertz CT molecular complexity index is 924. The average molecular weight is 548 g/mol. The van der Waals surface area contributed by atoms with E-state index in [4.69, 9.17) is 0 Å². The minimum atomic E-state index is -8.41. The molecule has 0 saturated carbocycles. The summed E-state index contributed by atoms with van der Waals surface area (Å²) in [6.07, 6.45) is -13.7. The lowest BCUT2D eigenvalue weighted by atomic mass is 9.88. The molecule has 1 rings (SSSR count). The van der Waals surface area contributed by atoms with Crippen molar-refractivity contribution in [3.63, 3.8) is 0 Å². The van der Waals surface area contributed by atoms with E-state index in [1.807, 2.05) is 0 Å². The highest BCUT2D eigenvalue weighted by molar-refractivity contribution is 5.69. The minimum absolute atomic E-state index is 0.599. The summed E-state index contributed by atoms with van der Waals surface area (Å²) >= 11 is 0. The number of carbonyl (C=O) groups is 1. The van der Waals surface area contributed by atoms with E-state index in [2.05, 4.69) is 4.74 Å². The number of esters is 1. The summed E-state index contributed by atoms with van der Waals surface area (Å²) in [5.41, 5.74) is -0.998. The van der Waals surface area contributed by atoms with E-state index in [1.54, 1.807) is 0 Å². The third kappa shape index (κ3) is 4.84. The Balaban J connectivity index is 3.49. The number of halogens is 15. The molecule has 0 bridgehead atoms. The van der Waals surface area contributed by atoms with Crippen molar-refractivity contribution in [2.24, 2.45) is 0 Å². The number of ether oxygens (including phenoxy) is 1. The number of hydrogen-bond acceptors (Lipinski definition) is 3. The topological polar surface area (TPSA) is 46.5 Å². The van der Waals surface area contributed by atoms with Gasteiger partial charge in [-0.1, -0.05) is 18.2 Å². The summed E-state index contributed by atoms with van der Waals surface area (Å²) in [7, 11) is 0. The third-order valence-electron chi connectivity index (χ3n) is 4.37. The van der Waals surface area contributed by atoms with Gasteiger partial charge in [0.15, 0.2) is 0 Å². The number of carbonyl (C=O) groups excluding carboxylic acids is 1. The van der Waals surface area contributed by atoms with Crippen LogP contribution in [0.5, 0.6) is 5.75 Å². The van der Waals surface area contributed by atoms with Gasteiger partial charge in [0, 0.05) is 18.9 Å². The van der Waals surface area contributed by atoms with Crippen LogP contribution < -0.4 is 4.74 Å². The lowest BCUT2D eigenvalue weighted by Crippen LogP contribution is -2.72. The minimum Gasteiger partial charge on any atom is -0.426 e. The molecule has 0 aliphatic heterocycles. The Morgan fingerprint density at radius 1 is 0.743 bits per heavy atom. The quantitative estimate of drug-likeness (QED) is 0.221. The summed E-state index contributed by atoms with van der Waals surface area (Å²) < 4.78 is 203. The van der Waals surface area contributed by atoms with Gasteiger partial charge in [-0.3, -0.25) is 4.79 Å². The molecule has 0 aromatic heterocycles. The summed E-state index contributed by atoms with van der Waals surface area (Å²) in [6.45, 7) is 0.728. The van der Waals surface area contributed by atoms with Gasteiger partial charge < -0.3 is 9.84 Å². The molecular weight excluding hydrogens is 537 g/mol. The number of para-hydroxylation sites is 1. The SMILES string of the molecule is CC(=O)Oc1ccccc1C(O)CC(F)(F)C(F)(F)C(F)(F)C(F)(F)C(F)(F)C(F)(F)C(F)(F)F. The van der Waals surface area contributed by atoms with Crippen LogP contribution in [-0.4, -0.2) is 52.8 Å². The molecule has 0 heterocycles. The number of aliphatic hydroxyl groups excluding tert-OH is 1. The molecule has 0 aliphatic rings. The highest BCUT2D eigenvalue weighted by Gasteiger charge is 2.93. The summed E-state index contributed by atoms with van der Waals surface area (Å²) in [5.74, 6) is -49.5. The van der Waals surface area contributed by atoms with Gasteiger partial charge in [-0.2, -0.15) is 65.9 Å². The lowest BCUT2D eigenvalue weighted by molar-refractivity contribution is -0.453. The monoisotopic (exact) mass is 548 g/mol. The van der Waals surface area contributed by atoms with Crippen LogP contribution in [0.2, 0.25) is 0 Å². The maximum atomic E-state index is 14.0. The van der Waals surface area contributed by atoms with Crippen molar-refractivity contribution in [2.75, 3.05) is 0 Å². The second-order valence-corrected chi connectivity index (χ2v) is 6.93. The first-order valence-corrected chi connectivity index (χ1v) is 8.58. The van der Waals surface area contributed by atoms with Crippen molar-refractivity contribution >= 4 is 5.97 Å². The van der Waals surface area contributed by atoms with Crippen LogP contribution in [-0.2, 0) is 4.79 Å². The van der Waals surface area contributed by atoms with Gasteiger partial charge in [0.2, 0.25) is 0 Å². The summed E-state index contributed by atoms with van der Waals surface area (Å²) in [6, 6.07) is 3.28. The zero-order valence-corrected chi connectivity index (χ0v) is 16.5. The van der Waals surface area contributed by atoms with E-state index in [0.717, 1.165) is 25.1 Å².